The molecule has 0 bridgehead atoms. The van der Waals surface area contributed by atoms with E-state index in [2.05, 4.69) is 4.99 Å². The number of nitro groups is 2. The van der Waals surface area contributed by atoms with Gasteiger partial charge in [0, 0.05) is 19.2 Å². The number of ether oxygens (including phenoxy) is 1. The number of benzene rings is 2. The van der Waals surface area contributed by atoms with Gasteiger partial charge in [-0.25, -0.2) is 0 Å². The normalized spacial score (nSPS) is 16.2. The molecular formula is C20H18N4O6S. The van der Waals surface area contributed by atoms with E-state index in [1.807, 2.05) is 13.8 Å². The van der Waals surface area contributed by atoms with Crippen molar-refractivity contribution in [2.24, 2.45) is 4.99 Å². The lowest BCUT2D eigenvalue weighted by atomic mass is 10.2. The summed E-state index contributed by atoms with van der Waals surface area (Å²) in [5.74, 6) is 0.0942. The Labute approximate surface area is 181 Å². The molecule has 1 heterocycles. The number of likely N-dealkylation sites (N-methyl/N-ethyl adjacent to an activating group) is 1. The molecule has 1 amide bonds. The van der Waals surface area contributed by atoms with Crippen molar-refractivity contribution in [2.45, 2.75) is 13.8 Å². The van der Waals surface area contributed by atoms with Crippen LogP contribution in [0.4, 0.5) is 11.4 Å². The van der Waals surface area contributed by atoms with Crippen LogP contribution in [-0.2, 0) is 4.79 Å². The average molecular weight is 442 g/mol. The number of amidine groups is 1. The summed E-state index contributed by atoms with van der Waals surface area (Å²) in [6.45, 7) is 4.90. The SMILES string of the molecule is CCN=C1S/C(=C/c2ccc(Oc3ccc([N+](=O)[O-])cc3[N+](=O)[O-])cc2)C(=O)N1CC. The maximum atomic E-state index is 12.5. The smallest absolute Gasteiger partial charge is 0.318 e. The highest BCUT2D eigenvalue weighted by molar-refractivity contribution is 8.18. The van der Waals surface area contributed by atoms with Gasteiger partial charge in [0.15, 0.2) is 5.17 Å². The summed E-state index contributed by atoms with van der Waals surface area (Å²) in [4.78, 5) is 39.7. The average Bonchev–Trinajstić information content (AvgIpc) is 3.03. The predicted molar refractivity (Wildman–Crippen MR) is 117 cm³/mol. The van der Waals surface area contributed by atoms with E-state index >= 15 is 0 Å². The lowest BCUT2D eigenvalue weighted by Crippen LogP contribution is -2.28. The third-order valence-electron chi connectivity index (χ3n) is 4.25. The van der Waals surface area contributed by atoms with Gasteiger partial charge in [0.25, 0.3) is 11.6 Å². The second-order valence-electron chi connectivity index (χ2n) is 6.25. The van der Waals surface area contributed by atoms with Crippen molar-refractivity contribution in [2.75, 3.05) is 13.1 Å². The summed E-state index contributed by atoms with van der Waals surface area (Å²) in [5, 5.41) is 22.8. The number of hydrogen-bond acceptors (Lipinski definition) is 8. The summed E-state index contributed by atoms with van der Waals surface area (Å²) in [6.07, 6.45) is 1.74. The Kier molecular flexibility index (Phi) is 6.65. The van der Waals surface area contributed by atoms with E-state index in [1.54, 1.807) is 35.2 Å². The fraction of sp³-hybridized carbons (Fsp3) is 0.200. The van der Waals surface area contributed by atoms with Gasteiger partial charge in [-0.3, -0.25) is 34.9 Å². The highest BCUT2D eigenvalue weighted by atomic mass is 32.2. The third-order valence-corrected chi connectivity index (χ3v) is 5.30. The predicted octanol–water partition coefficient (Wildman–Crippen LogP) is 4.61. The molecule has 31 heavy (non-hydrogen) atoms. The number of rotatable bonds is 7. The Morgan fingerprint density at radius 1 is 1.10 bits per heavy atom. The molecule has 0 saturated carbocycles. The van der Waals surface area contributed by atoms with Gasteiger partial charge >= 0.3 is 5.69 Å². The molecule has 1 saturated heterocycles. The molecule has 0 spiro atoms. The standard InChI is InChI=1S/C20H18N4O6S/c1-3-21-20-22(4-2)19(25)18(31-20)11-13-5-8-15(9-6-13)30-17-10-7-14(23(26)27)12-16(17)24(28)29/h5-12H,3-4H2,1-2H3/b18-11+,21-20?. The highest BCUT2D eigenvalue weighted by Gasteiger charge is 2.31. The fourth-order valence-electron chi connectivity index (χ4n) is 2.80. The summed E-state index contributed by atoms with van der Waals surface area (Å²) >= 11 is 1.31. The Hall–Kier alpha value is -3.73. The van der Waals surface area contributed by atoms with E-state index in [0.29, 0.717) is 28.9 Å². The monoisotopic (exact) mass is 442 g/mol. The van der Waals surface area contributed by atoms with Crippen LogP contribution in [0, 0.1) is 20.2 Å². The number of non-ortho nitro benzene ring substituents is 1. The van der Waals surface area contributed by atoms with Gasteiger partial charge in [0.1, 0.15) is 5.75 Å². The molecule has 2 aromatic carbocycles. The molecule has 0 aliphatic carbocycles. The molecule has 160 valence electrons. The molecule has 0 unspecified atom stereocenters. The van der Waals surface area contributed by atoms with Crippen LogP contribution in [0.3, 0.4) is 0 Å². The van der Waals surface area contributed by atoms with Crippen molar-refractivity contribution in [3.05, 3.63) is 73.2 Å². The Bertz CT molecular complexity index is 1100. The van der Waals surface area contributed by atoms with E-state index < -0.39 is 21.2 Å². The first-order valence-electron chi connectivity index (χ1n) is 9.30. The van der Waals surface area contributed by atoms with Crippen LogP contribution in [0.25, 0.3) is 6.08 Å². The number of aliphatic imine (C=N–C) groups is 1. The lowest BCUT2D eigenvalue weighted by Gasteiger charge is -2.11. The van der Waals surface area contributed by atoms with E-state index in [4.69, 9.17) is 4.74 Å². The van der Waals surface area contributed by atoms with Gasteiger partial charge in [-0.2, -0.15) is 0 Å². The van der Waals surface area contributed by atoms with Gasteiger partial charge in [0.2, 0.25) is 5.75 Å². The van der Waals surface area contributed by atoms with Crippen molar-refractivity contribution >= 4 is 40.3 Å². The van der Waals surface area contributed by atoms with Crippen LogP contribution in [0.1, 0.15) is 19.4 Å². The highest BCUT2D eigenvalue weighted by Crippen LogP contribution is 2.35. The Morgan fingerprint density at radius 2 is 1.81 bits per heavy atom. The molecule has 0 N–H and O–H groups in total. The molecule has 0 aromatic heterocycles. The van der Waals surface area contributed by atoms with Crippen molar-refractivity contribution in [1.29, 1.82) is 0 Å². The first kappa shape index (κ1) is 22.0. The zero-order valence-corrected chi connectivity index (χ0v) is 17.5. The van der Waals surface area contributed by atoms with Crippen LogP contribution in [-0.4, -0.2) is 38.9 Å². The maximum absolute atomic E-state index is 12.5. The molecule has 0 radical (unpaired) electrons. The molecule has 10 nitrogen and oxygen atoms in total. The van der Waals surface area contributed by atoms with Gasteiger partial charge < -0.3 is 4.74 Å². The lowest BCUT2D eigenvalue weighted by molar-refractivity contribution is -0.394. The number of carbonyl (C=O) groups excluding carboxylic acids is 1. The third kappa shape index (κ3) is 4.89. The van der Waals surface area contributed by atoms with Crippen LogP contribution in [0.2, 0.25) is 0 Å². The van der Waals surface area contributed by atoms with Crippen molar-refractivity contribution in [1.82, 2.24) is 4.90 Å². The summed E-state index contributed by atoms with van der Waals surface area (Å²) < 4.78 is 5.55. The molecular weight excluding hydrogens is 424 g/mol. The minimum atomic E-state index is -0.737. The summed E-state index contributed by atoms with van der Waals surface area (Å²) in [7, 11) is 0. The minimum absolute atomic E-state index is 0.109. The van der Waals surface area contributed by atoms with Gasteiger partial charge in [-0.05, 0) is 55.4 Å². The number of hydrogen-bond donors (Lipinski definition) is 0. The van der Waals surface area contributed by atoms with E-state index in [1.165, 1.54) is 17.8 Å². The molecule has 1 aliphatic rings. The topological polar surface area (TPSA) is 128 Å². The van der Waals surface area contributed by atoms with Crippen LogP contribution in [0.15, 0.2) is 52.4 Å². The summed E-state index contributed by atoms with van der Waals surface area (Å²) in [6, 6.07) is 9.79. The Balaban J connectivity index is 1.81. The van der Waals surface area contributed by atoms with Gasteiger partial charge in [-0.15, -0.1) is 0 Å². The molecule has 1 aliphatic heterocycles. The number of thioether (sulfide) groups is 1. The van der Waals surface area contributed by atoms with E-state index in [-0.39, 0.29) is 11.7 Å². The number of carbonyl (C=O) groups is 1. The largest absolute Gasteiger partial charge is 0.450 e. The molecule has 2 aromatic rings. The van der Waals surface area contributed by atoms with Crippen LogP contribution >= 0.6 is 11.8 Å². The Morgan fingerprint density at radius 3 is 2.39 bits per heavy atom. The quantitative estimate of drug-likeness (QED) is 0.348. The minimum Gasteiger partial charge on any atom is -0.450 e. The van der Waals surface area contributed by atoms with Gasteiger partial charge in [-0.1, -0.05) is 12.1 Å². The van der Waals surface area contributed by atoms with Crippen molar-refractivity contribution < 1.29 is 19.4 Å². The number of nitrogens with zero attached hydrogens (tertiary/aromatic N) is 4. The number of nitro benzene ring substituents is 2. The maximum Gasteiger partial charge on any atom is 0.318 e. The summed E-state index contributed by atoms with van der Waals surface area (Å²) in [5.41, 5.74) is -0.155. The van der Waals surface area contributed by atoms with E-state index in [9.17, 15) is 25.0 Å². The first-order valence-corrected chi connectivity index (χ1v) is 10.1. The molecule has 3 rings (SSSR count). The van der Waals surface area contributed by atoms with Crippen LogP contribution in [0.5, 0.6) is 11.5 Å². The second-order valence-corrected chi connectivity index (χ2v) is 7.26. The van der Waals surface area contributed by atoms with Crippen LogP contribution < -0.4 is 4.74 Å². The second kappa shape index (κ2) is 9.39. The molecule has 11 heteroatoms. The van der Waals surface area contributed by atoms with E-state index in [0.717, 1.165) is 17.7 Å². The van der Waals surface area contributed by atoms with Crippen molar-refractivity contribution in [3.63, 3.8) is 0 Å². The zero-order valence-electron chi connectivity index (χ0n) is 16.7. The number of amides is 1. The molecule has 1 fully saturated rings. The first-order chi connectivity index (χ1) is 14.8. The van der Waals surface area contributed by atoms with Crippen molar-refractivity contribution in [3.8, 4) is 11.5 Å². The fourth-order valence-corrected chi connectivity index (χ4v) is 3.90. The molecule has 0 atom stereocenters. The zero-order chi connectivity index (χ0) is 22.5. The van der Waals surface area contributed by atoms with Gasteiger partial charge in [0.05, 0.1) is 20.8 Å².